The zero-order valence-electron chi connectivity index (χ0n) is 22.3. The molecule has 1 aromatic carbocycles. The Labute approximate surface area is 237 Å². The number of ether oxygens (including phenoxy) is 1. The van der Waals surface area contributed by atoms with Gasteiger partial charge >= 0.3 is 5.97 Å². The van der Waals surface area contributed by atoms with Crippen LogP contribution in [0.25, 0.3) is 28.2 Å². The second kappa shape index (κ2) is 10.9. The van der Waals surface area contributed by atoms with E-state index in [1.54, 1.807) is 25.5 Å². The Morgan fingerprint density at radius 3 is 2.62 bits per heavy atom. The largest absolute Gasteiger partial charge is 0.464 e. The molecule has 2 aliphatic carbocycles. The number of pyridine rings is 2. The number of imidazole rings is 1. The number of alkyl halides is 1. The Kier molecular flexibility index (Phi) is 7.19. The lowest BCUT2D eigenvalue weighted by atomic mass is 9.58. The maximum atomic E-state index is 13.0. The minimum atomic E-state index is -0.768. The monoisotopic (exact) mass is 555 g/mol. The number of halogens is 1. The number of aromatic nitrogens is 4. The molecule has 40 heavy (non-hydrogen) atoms. The average molecular weight is 556 g/mol. The van der Waals surface area contributed by atoms with Gasteiger partial charge in [0, 0.05) is 36.3 Å². The zero-order valence-corrected chi connectivity index (χ0v) is 23.1. The molecule has 8 nitrogen and oxygen atoms in total. The third-order valence-corrected chi connectivity index (χ3v) is 8.36. The zero-order chi connectivity index (χ0) is 27.7. The summed E-state index contributed by atoms with van der Waals surface area (Å²) < 4.78 is 7.38. The molecule has 0 N–H and O–H groups in total. The van der Waals surface area contributed by atoms with Crippen LogP contribution in [0.5, 0.6) is 0 Å². The van der Waals surface area contributed by atoms with E-state index in [0.29, 0.717) is 12.1 Å². The van der Waals surface area contributed by atoms with Gasteiger partial charge in [-0.25, -0.2) is 14.8 Å². The third-order valence-electron chi connectivity index (χ3n) is 7.95. The van der Waals surface area contributed by atoms with Crippen molar-refractivity contribution in [2.24, 2.45) is 10.4 Å². The highest BCUT2D eigenvalue weighted by Crippen LogP contribution is 2.49. The quantitative estimate of drug-likeness (QED) is 0.219. The number of carbonyl (C=O) groups is 2. The Morgan fingerprint density at radius 2 is 1.90 bits per heavy atom. The number of Topliss-reactive ketones (excluding diaryl/α,β-unsaturated/α-hetero) is 1. The first-order valence-corrected chi connectivity index (χ1v) is 14.2. The summed E-state index contributed by atoms with van der Waals surface area (Å²) in [7, 11) is 0. The number of esters is 1. The Balaban J connectivity index is 1.32. The predicted octanol–water partition coefficient (Wildman–Crippen LogP) is 5.54. The summed E-state index contributed by atoms with van der Waals surface area (Å²) in [4.78, 5) is 44.3. The number of hydrogen-bond acceptors (Lipinski definition) is 7. The van der Waals surface area contributed by atoms with E-state index in [-0.39, 0.29) is 12.4 Å². The summed E-state index contributed by atoms with van der Waals surface area (Å²) in [6.45, 7) is 2.03. The summed E-state index contributed by atoms with van der Waals surface area (Å²) in [5, 5.41) is -0.759. The normalized spacial score (nSPS) is 20.0. The van der Waals surface area contributed by atoms with Crippen LogP contribution in [0.3, 0.4) is 0 Å². The van der Waals surface area contributed by atoms with Gasteiger partial charge in [-0.3, -0.25) is 19.3 Å². The van der Waals surface area contributed by atoms with Gasteiger partial charge < -0.3 is 4.74 Å². The van der Waals surface area contributed by atoms with Crippen LogP contribution in [0.2, 0.25) is 0 Å². The van der Waals surface area contributed by atoms with Crippen LogP contribution in [-0.4, -0.2) is 55.0 Å². The predicted molar refractivity (Wildman–Crippen MR) is 154 cm³/mol. The number of aliphatic imine (C=N–C) groups is 1. The van der Waals surface area contributed by atoms with Crippen molar-refractivity contribution < 1.29 is 14.3 Å². The van der Waals surface area contributed by atoms with Crippen molar-refractivity contribution in [3.8, 4) is 17.1 Å². The fourth-order valence-corrected chi connectivity index (χ4v) is 6.42. The molecular weight excluding hydrogens is 526 g/mol. The second-order valence-electron chi connectivity index (χ2n) is 10.4. The van der Waals surface area contributed by atoms with Crippen LogP contribution in [0.15, 0.2) is 72.1 Å². The molecule has 2 fully saturated rings. The van der Waals surface area contributed by atoms with Crippen LogP contribution in [-0.2, 0) is 20.7 Å². The molecule has 0 radical (unpaired) electrons. The minimum absolute atomic E-state index is 0.0465. The van der Waals surface area contributed by atoms with Crippen molar-refractivity contribution in [3.63, 3.8) is 0 Å². The van der Waals surface area contributed by atoms with Gasteiger partial charge in [-0.05, 0) is 61.7 Å². The van der Waals surface area contributed by atoms with Gasteiger partial charge in [0.15, 0.2) is 17.5 Å². The first-order valence-electron chi connectivity index (χ1n) is 13.8. The van der Waals surface area contributed by atoms with Gasteiger partial charge in [0.1, 0.15) is 16.7 Å². The molecule has 4 aromatic rings. The summed E-state index contributed by atoms with van der Waals surface area (Å²) >= 11 is 6.46. The standard InChI is InChI=1S/C31H30ClN5O3/c1-2-40-30(39)24(35-26-25(32)27(38)31(26)14-4-3-5-15-31)18-20-10-12-22(13-11-20)37-28(21-8-6-16-33-19-21)36-23-9-7-17-34-29(23)37/h6-13,16-17,19,24-25H,2-5,14-15,18H2,1H3/t24-,25?/m0/s1. The second-order valence-corrected chi connectivity index (χ2v) is 10.8. The molecule has 9 heteroatoms. The first kappa shape index (κ1) is 26.3. The Morgan fingerprint density at radius 1 is 1.12 bits per heavy atom. The molecule has 0 aliphatic heterocycles. The minimum Gasteiger partial charge on any atom is -0.464 e. The smallest absolute Gasteiger partial charge is 0.331 e. The van der Waals surface area contributed by atoms with Crippen LogP contribution in [0.1, 0.15) is 44.6 Å². The van der Waals surface area contributed by atoms with E-state index in [1.165, 1.54) is 0 Å². The molecule has 2 saturated carbocycles. The number of hydrogen-bond donors (Lipinski definition) is 0. The lowest BCUT2D eigenvalue weighted by Gasteiger charge is -2.47. The number of rotatable bonds is 7. The summed E-state index contributed by atoms with van der Waals surface area (Å²) in [6, 6.07) is 14.8. The van der Waals surface area contributed by atoms with E-state index in [2.05, 4.69) is 9.97 Å². The average Bonchev–Trinajstić information content (AvgIpc) is 3.40. The highest BCUT2D eigenvalue weighted by atomic mass is 35.5. The van der Waals surface area contributed by atoms with E-state index in [0.717, 1.165) is 65.9 Å². The Bertz CT molecular complexity index is 1580. The SMILES string of the molecule is CCOC(=O)[C@H](Cc1ccc(-n2c(-c3cccnc3)nc3cccnc32)cc1)N=C1C(Cl)C(=O)C12CCCCC2. The van der Waals surface area contributed by atoms with E-state index in [9.17, 15) is 9.59 Å². The number of benzene rings is 1. The molecule has 1 spiro atoms. The molecule has 2 aliphatic rings. The van der Waals surface area contributed by atoms with E-state index in [4.69, 9.17) is 26.3 Å². The third kappa shape index (κ3) is 4.60. The molecule has 6 rings (SSSR count). The molecule has 3 aromatic heterocycles. The number of nitrogens with zero attached hydrogens (tertiary/aromatic N) is 5. The number of carbonyl (C=O) groups excluding carboxylic acids is 2. The van der Waals surface area contributed by atoms with E-state index in [1.807, 2.05) is 53.1 Å². The molecule has 0 amide bonds. The van der Waals surface area contributed by atoms with E-state index >= 15 is 0 Å². The molecular formula is C31H30ClN5O3. The van der Waals surface area contributed by atoms with Crippen molar-refractivity contribution in [1.82, 2.24) is 19.5 Å². The van der Waals surface area contributed by atoms with Gasteiger partial charge in [-0.15, -0.1) is 11.6 Å². The van der Waals surface area contributed by atoms with Crippen LogP contribution >= 0.6 is 11.6 Å². The van der Waals surface area contributed by atoms with Gasteiger partial charge in [0.2, 0.25) is 0 Å². The summed E-state index contributed by atoms with van der Waals surface area (Å²) in [5.41, 5.74) is 4.26. The van der Waals surface area contributed by atoms with Gasteiger partial charge in [-0.1, -0.05) is 31.4 Å². The molecule has 0 bridgehead atoms. The molecule has 2 atom stereocenters. The number of fused-ring (bicyclic) bond motifs is 1. The highest BCUT2D eigenvalue weighted by molar-refractivity contribution is 6.54. The van der Waals surface area contributed by atoms with Crippen molar-refractivity contribution in [2.75, 3.05) is 6.61 Å². The topological polar surface area (TPSA) is 99.3 Å². The Hall–Kier alpha value is -3.91. The van der Waals surface area contributed by atoms with Gasteiger partial charge in [-0.2, -0.15) is 0 Å². The molecule has 204 valence electrons. The van der Waals surface area contributed by atoms with Crippen molar-refractivity contribution >= 4 is 40.2 Å². The fourth-order valence-electron chi connectivity index (χ4n) is 5.94. The van der Waals surface area contributed by atoms with Gasteiger partial charge in [0.25, 0.3) is 0 Å². The molecule has 1 unspecified atom stereocenters. The first-order chi connectivity index (χ1) is 19.5. The number of ketones is 1. The maximum absolute atomic E-state index is 13.0. The summed E-state index contributed by atoms with van der Waals surface area (Å²) in [6.07, 6.45) is 10.2. The maximum Gasteiger partial charge on any atom is 0.331 e. The van der Waals surface area contributed by atoms with Crippen LogP contribution in [0, 0.1) is 5.41 Å². The summed E-state index contributed by atoms with van der Waals surface area (Å²) in [5.74, 6) is 0.382. The van der Waals surface area contributed by atoms with E-state index < -0.39 is 22.8 Å². The lowest BCUT2D eigenvalue weighted by Crippen LogP contribution is -2.61. The molecule has 0 saturated heterocycles. The highest BCUT2D eigenvalue weighted by Gasteiger charge is 2.58. The van der Waals surface area contributed by atoms with Crippen LogP contribution in [0.4, 0.5) is 0 Å². The van der Waals surface area contributed by atoms with Crippen molar-refractivity contribution in [2.45, 2.75) is 56.9 Å². The fraction of sp³-hybridized carbons (Fsp3) is 0.355. The molecule has 3 heterocycles. The van der Waals surface area contributed by atoms with Crippen molar-refractivity contribution in [3.05, 3.63) is 72.7 Å². The van der Waals surface area contributed by atoms with Gasteiger partial charge in [0.05, 0.1) is 17.7 Å². The lowest BCUT2D eigenvalue weighted by molar-refractivity contribution is -0.144. The van der Waals surface area contributed by atoms with Crippen LogP contribution < -0.4 is 0 Å². The van der Waals surface area contributed by atoms with Crippen molar-refractivity contribution in [1.29, 1.82) is 0 Å².